The van der Waals surface area contributed by atoms with Gasteiger partial charge in [-0.3, -0.25) is 10.1 Å². The number of ether oxygens (including phenoxy) is 1. The maximum absolute atomic E-state index is 11.3. The van der Waals surface area contributed by atoms with E-state index in [0.717, 1.165) is 23.4 Å². The number of fused-ring (bicyclic) bond motifs is 1. The summed E-state index contributed by atoms with van der Waals surface area (Å²) in [6.07, 6.45) is 1.23. The van der Waals surface area contributed by atoms with Crippen molar-refractivity contribution in [2.75, 3.05) is 11.9 Å². The second-order valence-electron chi connectivity index (χ2n) is 5.18. The zero-order valence-corrected chi connectivity index (χ0v) is 11.8. The van der Waals surface area contributed by atoms with Crippen LogP contribution in [0.5, 0.6) is 5.75 Å². The molecule has 2 N–H and O–H groups in total. The lowest BCUT2D eigenvalue weighted by Gasteiger charge is -2.19. The molecule has 1 aromatic rings. The summed E-state index contributed by atoms with van der Waals surface area (Å²) in [5.41, 5.74) is 1.93. The fourth-order valence-corrected chi connectivity index (χ4v) is 2.15. The Kier molecular flexibility index (Phi) is 4.59. The van der Waals surface area contributed by atoms with E-state index in [1.165, 1.54) is 0 Å². The molecule has 20 heavy (non-hydrogen) atoms. The van der Waals surface area contributed by atoms with Crippen molar-refractivity contribution in [1.29, 1.82) is 5.26 Å². The highest BCUT2D eigenvalue weighted by atomic mass is 16.5. The summed E-state index contributed by atoms with van der Waals surface area (Å²) in [4.78, 5) is 11.3. The van der Waals surface area contributed by atoms with E-state index in [2.05, 4.69) is 16.7 Å². The number of nitriles is 1. The van der Waals surface area contributed by atoms with Crippen molar-refractivity contribution in [2.24, 2.45) is 0 Å². The molecule has 0 saturated heterocycles. The van der Waals surface area contributed by atoms with Crippen LogP contribution in [0.4, 0.5) is 5.69 Å². The third-order valence-electron chi connectivity index (χ3n) is 3.08. The number of nitrogens with one attached hydrogen (secondary N) is 2. The van der Waals surface area contributed by atoms with Crippen molar-refractivity contribution in [2.45, 2.75) is 38.8 Å². The first kappa shape index (κ1) is 14.4. The molecule has 0 bridgehead atoms. The largest absolute Gasteiger partial charge is 0.491 e. The number of aryl methyl sites for hydroxylation is 1. The Morgan fingerprint density at radius 2 is 2.25 bits per heavy atom. The molecule has 1 aliphatic rings. The molecular weight excluding hydrogens is 254 g/mol. The van der Waals surface area contributed by atoms with Gasteiger partial charge in [0.2, 0.25) is 5.91 Å². The Morgan fingerprint density at radius 1 is 1.45 bits per heavy atom. The fraction of sp³-hybridized carbons (Fsp3) is 0.467. The maximum Gasteiger partial charge on any atom is 0.224 e. The van der Waals surface area contributed by atoms with Gasteiger partial charge in [0.05, 0.1) is 6.07 Å². The van der Waals surface area contributed by atoms with E-state index < -0.39 is 0 Å². The predicted molar refractivity (Wildman–Crippen MR) is 76.6 cm³/mol. The van der Waals surface area contributed by atoms with Crippen molar-refractivity contribution >= 4 is 11.6 Å². The zero-order chi connectivity index (χ0) is 14.5. The van der Waals surface area contributed by atoms with Crippen LogP contribution in [0.25, 0.3) is 0 Å². The van der Waals surface area contributed by atoms with E-state index in [1.807, 2.05) is 32.0 Å². The van der Waals surface area contributed by atoms with Gasteiger partial charge in [0.25, 0.3) is 0 Å². The van der Waals surface area contributed by atoms with Crippen LogP contribution in [0.3, 0.4) is 0 Å². The van der Waals surface area contributed by atoms with Crippen LogP contribution in [0.15, 0.2) is 18.2 Å². The Bertz CT molecular complexity index is 534. The van der Waals surface area contributed by atoms with Gasteiger partial charge < -0.3 is 10.1 Å². The van der Waals surface area contributed by atoms with Crippen LogP contribution in [-0.4, -0.2) is 24.6 Å². The molecule has 0 aliphatic carbocycles. The number of nitrogens with zero attached hydrogens (tertiary/aromatic N) is 1. The van der Waals surface area contributed by atoms with Crippen molar-refractivity contribution in [3.8, 4) is 11.8 Å². The van der Waals surface area contributed by atoms with E-state index in [-0.39, 0.29) is 18.0 Å². The Balaban J connectivity index is 1.97. The Labute approximate surface area is 118 Å². The SMILES string of the molecule is CC(C)NC(C#N)COc1ccc2c(c1)CCC(=O)N2. The molecule has 2 rings (SSSR count). The van der Waals surface area contributed by atoms with Gasteiger partial charge in [0, 0.05) is 18.2 Å². The highest BCUT2D eigenvalue weighted by Gasteiger charge is 2.15. The summed E-state index contributed by atoms with van der Waals surface area (Å²) in [5.74, 6) is 0.780. The molecule has 5 nitrogen and oxygen atoms in total. The van der Waals surface area contributed by atoms with E-state index >= 15 is 0 Å². The molecule has 0 radical (unpaired) electrons. The highest BCUT2D eigenvalue weighted by molar-refractivity contribution is 5.93. The molecule has 1 unspecified atom stereocenters. The molecule has 0 aromatic heterocycles. The molecule has 0 saturated carbocycles. The number of benzene rings is 1. The summed E-state index contributed by atoms with van der Waals surface area (Å²) in [6.45, 7) is 4.29. The molecular formula is C15H19N3O2. The number of carbonyl (C=O) groups excluding carboxylic acids is 1. The first-order valence-electron chi connectivity index (χ1n) is 6.79. The van der Waals surface area contributed by atoms with Crippen molar-refractivity contribution in [1.82, 2.24) is 5.32 Å². The quantitative estimate of drug-likeness (QED) is 0.858. The van der Waals surface area contributed by atoms with Crippen molar-refractivity contribution in [3.63, 3.8) is 0 Å². The summed E-state index contributed by atoms with van der Waals surface area (Å²) in [7, 11) is 0. The van der Waals surface area contributed by atoms with E-state index in [4.69, 9.17) is 10.00 Å². The third-order valence-corrected chi connectivity index (χ3v) is 3.08. The standard InChI is InChI=1S/C15H19N3O2/c1-10(2)17-12(8-16)9-20-13-4-5-14-11(7-13)3-6-15(19)18-14/h4-5,7,10,12,17H,3,6,9H2,1-2H3,(H,18,19). The number of carbonyl (C=O) groups is 1. The minimum Gasteiger partial charge on any atom is -0.491 e. The first-order valence-corrected chi connectivity index (χ1v) is 6.79. The van der Waals surface area contributed by atoms with Crippen molar-refractivity contribution in [3.05, 3.63) is 23.8 Å². The smallest absolute Gasteiger partial charge is 0.224 e. The second kappa shape index (κ2) is 6.40. The lowest BCUT2D eigenvalue weighted by atomic mass is 10.0. The van der Waals surface area contributed by atoms with Crippen LogP contribution in [0, 0.1) is 11.3 Å². The van der Waals surface area contributed by atoms with Gasteiger partial charge in [0.15, 0.2) is 0 Å². The van der Waals surface area contributed by atoms with Crippen LogP contribution in [0.1, 0.15) is 25.8 Å². The Morgan fingerprint density at radius 3 is 2.95 bits per heavy atom. The molecule has 1 aliphatic heterocycles. The summed E-state index contributed by atoms with van der Waals surface area (Å²) >= 11 is 0. The molecule has 1 amide bonds. The van der Waals surface area contributed by atoms with Crippen LogP contribution in [0.2, 0.25) is 0 Å². The van der Waals surface area contributed by atoms with Gasteiger partial charge in [-0.2, -0.15) is 5.26 Å². The fourth-order valence-electron chi connectivity index (χ4n) is 2.15. The zero-order valence-electron chi connectivity index (χ0n) is 11.8. The number of hydrogen-bond donors (Lipinski definition) is 2. The van der Waals surface area contributed by atoms with E-state index in [9.17, 15) is 4.79 Å². The summed E-state index contributed by atoms with van der Waals surface area (Å²) in [6, 6.07) is 7.68. The minimum atomic E-state index is -0.328. The van der Waals surface area contributed by atoms with Gasteiger partial charge in [0.1, 0.15) is 18.4 Å². The van der Waals surface area contributed by atoms with Crippen LogP contribution < -0.4 is 15.4 Å². The molecule has 106 valence electrons. The van der Waals surface area contributed by atoms with Crippen molar-refractivity contribution < 1.29 is 9.53 Å². The predicted octanol–water partition coefficient (Wildman–Crippen LogP) is 1.84. The number of anilines is 1. The normalized spacial score (nSPS) is 15.2. The average molecular weight is 273 g/mol. The minimum absolute atomic E-state index is 0.0526. The van der Waals surface area contributed by atoms with E-state index in [0.29, 0.717) is 13.0 Å². The van der Waals surface area contributed by atoms with Gasteiger partial charge in [-0.05, 0) is 44.0 Å². The third kappa shape index (κ3) is 3.72. The molecule has 0 fully saturated rings. The maximum atomic E-state index is 11.3. The lowest BCUT2D eigenvalue weighted by Crippen LogP contribution is -2.37. The molecule has 0 spiro atoms. The number of hydrogen-bond acceptors (Lipinski definition) is 4. The molecule has 1 aromatic carbocycles. The number of rotatable bonds is 5. The van der Waals surface area contributed by atoms with Crippen LogP contribution >= 0.6 is 0 Å². The first-order chi connectivity index (χ1) is 9.58. The molecule has 5 heteroatoms. The second-order valence-corrected chi connectivity index (χ2v) is 5.18. The van der Waals surface area contributed by atoms with Gasteiger partial charge in [-0.25, -0.2) is 0 Å². The monoisotopic (exact) mass is 273 g/mol. The molecule has 1 heterocycles. The lowest BCUT2D eigenvalue weighted by molar-refractivity contribution is -0.116. The van der Waals surface area contributed by atoms with Crippen LogP contribution in [-0.2, 0) is 11.2 Å². The number of amides is 1. The average Bonchev–Trinajstić information content (AvgIpc) is 2.43. The van der Waals surface area contributed by atoms with Gasteiger partial charge >= 0.3 is 0 Å². The Hall–Kier alpha value is -2.06. The summed E-state index contributed by atoms with van der Waals surface area (Å²) < 4.78 is 5.66. The van der Waals surface area contributed by atoms with E-state index in [1.54, 1.807) is 0 Å². The summed E-state index contributed by atoms with van der Waals surface area (Å²) in [5, 5.41) is 15.0. The van der Waals surface area contributed by atoms with Gasteiger partial charge in [-0.15, -0.1) is 0 Å². The molecule has 1 atom stereocenters. The topological polar surface area (TPSA) is 74.1 Å². The highest BCUT2D eigenvalue weighted by Crippen LogP contribution is 2.26. The van der Waals surface area contributed by atoms with Gasteiger partial charge in [-0.1, -0.05) is 0 Å².